The van der Waals surface area contributed by atoms with E-state index < -0.39 is 0 Å². The maximum absolute atomic E-state index is 12.8. The van der Waals surface area contributed by atoms with Crippen molar-refractivity contribution < 1.29 is 4.79 Å². The number of thiophene rings is 1. The highest BCUT2D eigenvalue weighted by atomic mass is 32.1. The summed E-state index contributed by atoms with van der Waals surface area (Å²) < 4.78 is 0. The van der Waals surface area contributed by atoms with Crippen LogP contribution < -0.4 is 0 Å². The number of carbonyl (C=O) groups excluding carboxylic acids is 1. The van der Waals surface area contributed by atoms with E-state index >= 15 is 0 Å². The summed E-state index contributed by atoms with van der Waals surface area (Å²) in [5, 5.41) is 0. The number of piperidine rings is 1. The van der Waals surface area contributed by atoms with Gasteiger partial charge in [-0.25, -0.2) is 0 Å². The second-order valence-corrected chi connectivity index (χ2v) is 10.2. The summed E-state index contributed by atoms with van der Waals surface area (Å²) in [6, 6.07) is 12.3. The normalized spacial score (nSPS) is 20.3. The molecule has 3 heterocycles. The first kappa shape index (κ1) is 22.5. The van der Waals surface area contributed by atoms with Crippen LogP contribution in [0.5, 0.6) is 0 Å². The molecule has 0 N–H and O–H groups in total. The van der Waals surface area contributed by atoms with Crippen LogP contribution in [-0.4, -0.2) is 47.9 Å². The first-order valence-electron chi connectivity index (χ1n) is 12.4. The van der Waals surface area contributed by atoms with Gasteiger partial charge in [-0.2, -0.15) is 0 Å². The molecule has 1 aliphatic carbocycles. The van der Waals surface area contributed by atoms with Gasteiger partial charge in [0.05, 0.1) is 4.88 Å². The molecular formula is C27H38N2OS. The fourth-order valence-electron chi connectivity index (χ4n) is 5.17. The molecular weight excluding hydrogens is 400 g/mol. The molecule has 5 rings (SSSR count). The summed E-state index contributed by atoms with van der Waals surface area (Å²) >= 11 is 1.66. The molecule has 3 fully saturated rings. The summed E-state index contributed by atoms with van der Waals surface area (Å²) in [5.41, 5.74) is 3.85. The van der Waals surface area contributed by atoms with Crippen molar-refractivity contribution in [2.75, 3.05) is 26.2 Å². The van der Waals surface area contributed by atoms with Gasteiger partial charge in [-0.05, 0) is 87.2 Å². The van der Waals surface area contributed by atoms with Gasteiger partial charge in [0.25, 0.3) is 5.91 Å². The van der Waals surface area contributed by atoms with E-state index in [0.717, 1.165) is 42.4 Å². The van der Waals surface area contributed by atoms with Crippen LogP contribution in [0.15, 0.2) is 30.3 Å². The first-order chi connectivity index (χ1) is 15.2. The van der Waals surface area contributed by atoms with Crippen molar-refractivity contribution in [2.45, 2.75) is 77.7 Å². The summed E-state index contributed by atoms with van der Waals surface area (Å²) in [7, 11) is 0. The SMILES string of the molecule is CC.Cc1cc(-c2ccc(C3CCN(C4CCC4)CC3)cc2)sc1C(=O)N1CCCC1. The molecule has 2 saturated heterocycles. The van der Waals surface area contributed by atoms with Gasteiger partial charge in [0.1, 0.15) is 0 Å². The Labute approximate surface area is 192 Å². The average molecular weight is 439 g/mol. The molecule has 2 aliphatic heterocycles. The van der Waals surface area contributed by atoms with Gasteiger partial charge in [0.2, 0.25) is 0 Å². The predicted octanol–water partition coefficient (Wildman–Crippen LogP) is 6.72. The van der Waals surface area contributed by atoms with Crippen molar-refractivity contribution >= 4 is 17.2 Å². The fraction of sp³-hybridized carbons (Fsp3) is 0.593. The molecule has 1 saturated carbocycles. The van der Waals surface area contributed by atoms with Gasteiger partial charge in [-0.1, -0.05) is 44.5 Å². The summed E-state index contributed by atoms with van der Waals surface area (Å²) in [5.74, 6) is 0.934. The summed E-state index contributed by atoms with van der Waals surface area (Å²) in [6.45, 7) is 10.4. The Morgan fingerprint density at radius 1 is 0.903 bits per heavy atom. The Morgan fingerprint density at radius 2 is 1.55 bits per heavy atom. The van der Waals surface area contributed by atoms with Crippen molar-refractivity contribution in [2.24, 2.45) is 0 Å². The monoisotopic (exact) mass is 438 g/mol. The number of nitrogens with zero attached hydrogens (tertiary/aromatic N) is 2. The van der Waals surface area contributed by atoms with E-state index in [0.29, 0.717) is 5.92 Å². The molecule has 0 atom stereocenters. The van der Waals surface area contributed by atoms with E-state index in [1.165, 1.54) is 61.2 Å². The number of carbonyl (C=O) groups is 1. The molecule has 4 heteroatoms. The average Bonchev–Trinajstić information content (AvgIpc) is 3.44. The second-order valence-electron chi connectivity index (χ2n) is 9.14. The third-order valence-corrected chi connectivity index (χ3v) is 8.57. The van der Waals surface area contributed by atoms with Gasteiger partial charge in [-0.3, -0.25) is 4.79 Å². The molecule has 0 spiro atoms. The Morgan fingerprint density at radius 3 is 2.13 bits per heavy atom. The minimum absolute atomic E-state index is 0.228. The van der Waals surface area contributed by atoms with E-state index in [-0.39, 0.29) is 5.91 Å². The highest BCUT2D eigenvalue weighted by Crippen LogP contribution is 2.36. The minimum Gasteiger partial charge on any atom is -0.338 e. The quantitative estimate of drug-likeness (QED) is 0.529. The highest BCUT2D eigenvalue weighted by Gasteiger charge is 2.29. The third-order valence-electron chi connectivity index (χ3n) is 7.29. The Balaban J connectivity index is 0.00000112. The standard InChI is InChI=1S/C25H32N2OS.C2H6/c1-18-17-23(29-24(18)25(28)27-13-2-3-14-27)21-9-7-19(8-10-21)20-11-15-26(16-12-20)22-5-4-6-22;1-2/h7-10,17,20,22H,2-6,11-16H2,1H3;1-2H3. The lowest BCUT2D eigenvalue weighted by molar-refractivity contribution is 0.0797. The molecule has 0 unspecified atom stereocenters. The van der Waals surface area contributed by atoms with E-state index in [1.807, 2.05) is 18.7 Å². The van der Waals surface area contributed by atoms with Crippen LogP contribution >= 0.6 is 11.3 Å². The van der Waals surface area contributed by atoms with Gasteiger partial charge in [-0.15, -0.1) is 11.3 Å². The summed E-state index contributed by atoms with van der Waals surface area (Å²) in [4.78, 5) is 19.7. The van der Waals surface area contributed by atoms with Crippen LogP contribution in [0.4, 0.5) is 0 Å². The van der Waals surface area contributed by atoms with Crippen LogP contribution in [0.2, 0.25) is 0 Å². The molecule has 3 aliphatic rings. The molecule has 31 heavy (non-hydrogen) atoms. The number of rotatable bonds is 4. The van der Waals surface area contributed by atoms with E-state index in [1.54, 1.807) is 11.3 Å². The van der Waals surface area contributed by atoms with Crippen molar-refractivity contribution in [1.29, 1.82) is 0 Å². The Hall–Kier alpha value is -1.65. The van der Waals surface area contributed by atoms with Gasteiger partial charge in [0.15, 0.2) is 0 Å². The molecule has 1 aromatic heterocycles. The fourth-order valence-corrected chi connectivity index (χ4v) is 6.32. The van der Waals surface area contributed by atoms with E-state index in [2.05, 4.69) is 42.2 Å². The lowest BCUT2D eigenvalue weighted by Crippen LogP contribution is -2.44. The topological polar surface area (TPSA) is 23.6 Å². The smallest absolute Gasteiger partial charge is 0.264 e. The van der Waals surface area contributed by atoms with Crippen molar-refractivity contribution in [1.82, 2.24) is 9.80 Å². The Kier molecular flexibility index (Phi) is 7.50. The predicted molar refractivity (Wildman–Crippen MR) is 132 cm³/mol. The van der Waals surface area contributed by atoms with Crippen LogP contribution in [0, 0.1) is 6.92 Å². The maximum Gasteiger partial charge on any atom is 0.264 e. The summed E-state index contributed by atoms with van der Waals surface area (Å²) in [6.07, 6.45) is 9.14. The van der Waals surface area contributed by atoms with Crippen molar-refractivity contribution in [3.05, 3.63) is 46.3 Å². The van der Waals surface area contributed by atoms with Crippen LogP contribution in [0.3, 0.4) is 0 Å². The largest absolute Gasteiger partial charge is 0.338 e. The molecule has 168 valence electrons. The number of hydrogen-bond donors (Lipinski definition) is 0. The molecule has 1 aromatic carbocycles. The zero-order chi connectivity index (χ0) is 21.8. The van der Waals surface area contributed by atoms with Crippen molar-refractivity contribution in [3.63, 3.8) is 0 Å². The zero-order valence-electron chi connectivity index (χ0n) is 19.5. The Bertz CT molecular complexity index is 854. The minimum atomic E-state index is 0.228. The van der Waals surface area contributed by atoms with Gasteiger partial charge < -0.3 is 9.80 Å². The molecule has 1 amide bonds. The van der Waals surface area contributed by atoms with E-state index in [9.17, 15) is 4.79 Å². The third kappa shape index (κ3) is 4.90. The van der Waals surface area contributed by atoms with E-state index in [4.69, 9.17) is 0 Å². The van der Waals surface area contributed by atoms with Crippen LogP contribution in [0.1, 0.15) is 85.5 Å². The first-order valence-corrected chi connectivity index (χ1v) is 13.2. The number of hydrogen-bond acceptors (Lipinski definition) is 3. The van der Waals surface area contributed by atoms with Gasteiger partial charge in [0, 0.05) is 24.0 Å². The van der Waals surface area contributed by atoms with Crippen LogP contribution in [0.25, 0.3) is 10.4 Å². The molecule has 3 nitrogen and oxygen atoms in total. The highest BCUT2D eigenvalue weighted by molar-refractivity contribution is 7.17. The van der Waals surface area contributed by atoms with Gasteiger partial charge >= 0.3 is 0 Å². The zero-order valence-corrected chi connectivity index (χ0v) is 20.3. The molecule has 0 radical (unpaired) electrons. The lowest BCUT2D eigenvalue weighted by atomic mass is 9.85. The number of likely N-dealkylation sites (tertiary alicyclic amines) is 2. The number of aryl methyl sites for hydroxylation is 1. The number of amides is 1. The number of benzene rings is 1. The molecule has 0 bridgehead atoms. The van der Waals surface area contributed by atoms with Crippen LogP contribution in [-0.2, 0) is 0 Å². The second kappa shape index (κ2) is 10.3. The lowest BCUT2D eigenvalue weighted by Gasteiger charge is -2.42. The van der Waals surface area contributed by atoms with Crippen molar-refractivity contribution in [3.8, 4) is 10.4 Å². The maximum atomic E-state index is 12.8. The molecule has 2 aromatic rings.